The molecular weight excluding hydrogens is 494 g/mol. The van der Waals surface area contributed by atoms with Gasteiger partial charge in [0.05, 0.1) is 12.0 Å². The minimum atomic E-state index is -3.20. The van der Waals surface area contributed by atoms with Crippen molar-refractivity contribution >= 4 is 28.6 Å². The van der Waals surface area contributed by atoms with Gasteiger partial charge in [0, 0.05) is 41.4 Å². The van der Waals surface area contributed by atoms with Crippen LogP contribution in [0.5, 0.6) is 0 Å². The summed E-state index contributed by atoms with van der Waals surface area (Å²) in [5, 5.41) is 14.8. The molecule has 1 aromatic heterocycles. The molecule has 4 fully saturated rings. The number of piperidine rings is 2. The van der Waals surface area contributed by atoms with Crippen LogP contribution in [-0.2, 0) is 9.59 Å². The standard InChI is InChI=1S/C25H25F4N5O3/c26-21(27)15-2-1-3-18-16(15)9-19(33-18)24(37)34-14-4-5-17(25(28,29)10-14)20(34)23(36)32-13(11-30)8-12-6-7-31-22(12)35/h1-3,9,12-14,17,20-21,33H,4-8,10H2,(H,31,35)(H,32,36)/t12-,13+,14+,17+,20-/m1/s1. The number of nitriles is 1. The van der Waals surface area contributed by atoms with Gasteiger partial charge in [0.25, 0.3) is 18.3 Å². The molecule has 196 valence electrons. The number of amides is 3. The smallest absolute Gasteiger partial charge is 0.271 e. The van der Waals surface area contributed by atoms with Crippen molar-refractivity contribution in [3.8, 4) is 6.07 Å². The summed E-state index contributed by atoms with van der Waals surface area (Å²) in [7, 11) is 0. The molecule has 3 saturated heterocycles. The molecule has 8 nitrogen and oxygen atoms in total. The highest BCUT2D eigenvalue weighted by atomic mass is 19.3. The molecule has 3 N–H and O–H groups in total. The molecule has 1 aromatic carbocycles. The van der Waals surface area contributed by atoms with Gasteiger partial charge in [0.15, 0.2) is 0 Å². The summed E-state index contributed by atoms with van der Waals surface area (Å²) in [6.45, 7) is 0.453. The molecule has 2 aromatic rings. The fourth-order valence-electron chi connectivity index (χ4n) is 5.98. The monoisotopic (exact) mass is 519 g/mol. The number of H-pyrrole nitrogens is 1. The first-order valence-corrected chi connectivity index (χ1v) is 12.2. The summed E-state index contributed by atoms with van der Waals surface area (Å²) < 4.78 is 56.8. The van der Waals surface area contributed by atoms with Crippen molar-refractivity contribution in [2.24, 2.45) is 11.8 Å². The zero-order chi connectivity index (χ0) is 26.5. The van der Waals surface area contributed by atoms with Crippen molar-refractivity contribution in [2.45, 2.75) is 62.6 Å². The van der Waals surface area contributed by atoms with Crippen molar-refractivity contribution in [1.29, 1.82) is 5.26 Å². The van der Waals surface area contributed by atoms with E-state index in [1.807, 2.05) is 6.07 Å². The number of carbonyl (C=O) groups excluding carboxylic acids is 3. The summed E-state index contributed by atoms with van der Waals surface area (Å²) in [5.41, 5.74) is -0.0770. The van der Waals surface area contributed by atoms with Gasteiger partial charge in [-0.2, -0.15) is 5.26 Å². The average Bonchev–Trinajstić information content (AvgIpc) is 3.47. The topological polar surface area (TPSA) is 118 Å². The summed E-state index contributed by atoms with van der Waals surface area (Å²) in [6.07, 6.45) is -2.59. The van der Waals surface area contributed by atoms with Gasteiger partial charge in [-0.05, 0) is 37.8 Å². The molecule has 0 radical (unpaired) electrons. The number of aromatic nitrogens is 1. The largest absolute Gasteiger partial charge is 0.356 e. The van der Waals surface area contributed by atoms with Gasteiger partial charge in [-0.3, -0.25) is 14.4 Å². The van der Waals surface area contributed by atoms with Gasteiger partial charge in [0.2, 0.25) is 11.8 Å². The van der Waals surface area contributed by atoms with E-state index in [0.29, 0.717) is 13.0 Å². The molecular formula is C25H25F4N5O3. The predicted octanol–water partition coefficient (Wildman–Crippen LogP) is 3.27. The van der Waals surface area contributed by atoms with E-state index in [1.54, 1.807) is 0 Å². The maximum absolute atomic E-state index is 14.9. The van der Waals surface area contributed by atoms with E-state index in [4.69, 9.17) is 0 Å². The van der Waals surface area contributed by atoms with Gasteiger partial charge < -0.3 is 20.5 Å². The van der Waals surface area contributed by atoms with Crippen molar-refractivity contribution in [1.82, 2.24) is 20.5 Å². The highest BCUT2D eigenvalue weighted by molar-refractivity contribution is 6.01. The molecule has 4 aliphatic rings. The lowest BCUT2D eigenvalue weighted by molar-refractivity contribution is -0.179. The van der Waals surface area contributed by atoms with Gasteiger partial charge in [-0.1, -0.05) is 12.1 Å². The van der Waals surface area contributed by atoms with Crippen LogP contribution in [0.1, 0.15) is 54.6 Å². The first kappa shape index (κ1) is 25.0. The van der Waals surface area contributed by atoms with Crippen molar-refractivity contribution < 1.29 is 31.9 Å². The highest BCUT2D eigenvalue weighted by Crippen LogP contribution is 2.49. The maximum Gasteiger partial charge on any atom is 0.271 e. The van der Waals surface area contributed by atoms with Crippen LogP contribution in [0.15, 0.2) is 24.3 Å². The number of carbonyl (C=O) groups is 3. The van der Waals surface area contributed by atoms with Gasteiger partial charge in [-0.15, -0.1) is 0 Å². The highest BCUT2D eigenvalue weighted by Gasteiger charge is 2.60. The lowest BCUT2D eigenvalue weighted by atomic mass is 9.71. The first-order chi connectivity index (χ1) is 17.6. The number of rotatable bonds is 6. The zero-order valence-corrected chi connectivity index (χ0v) is 19.6. The number of benzene rings is 1. The minimum Gasteiger partial charge on any atom is -0.356 e. The van der Waals surface area contributed by atoms with Gasteiger partial charge >= 0.3 is 0 Å². The van der Waals surface area contributed by atoms with E-state index in [9.17, 15) is 37.2 Å². The SMILES string of the molecule is N#C[C@H](C[C@H]1CCNC1=O)NC(=O)[C@H]1[C@@H]2CC[C@@H](CC2(F)F)N1C(=O)c1cc2c(C(F)F)cccc2[nH]1. The first-order valence-electron chi connectivity index (χ1n) is 12.2. The Morgan fingerprint density at radius 1 is 1.24 bits per heavy atom. The summed E-state index contributed by atoms with van der Waals surface area (Å²) >= 11 is 0. The fraction of sp³-hybridized carbons (Fsp3) is 0.520. The fourth-order valence-corrected chi connectivity index (χ4v) is 5.98. The number of nitrogens with zero attached hydrogens (tertiary/aromatic N) is 2. The molecule has 2 bridgehead atoms. The van der Waals surface area contributed by atoms with E-state index in [2.05, 4.69) is 15.6 Å². The summed E-state index contributed by atoms with van der Waals surface area (Å²) in [5.74, 6) is -7.02. The number of alkyl halides is 4. The van der Waals surface area contributed by atoms with E-state index in [0.717, 1.165) is 4.90 Å². The van der Waals surface area contributed by atoms with Crippen molar-refractivity contribution in [2.75, 3.05) is 6.54 Å². The Labute approximate surface area is 209 Å². The van der Waals surface area contributed by atoms with Crippen LogP contribution >= 0.6 is 0 Å². The lowest BCUT2D eigenvalue weighted by Gasteiger charge is -2.53. The Hall–Kier alpha value is -3.62. The molecule has 4 heterocycles. The molecule has 1 saturated carbocycles. The summed E-state index contributed by atoms with van der Waals surface area (Å²) in [6, 6.07) is 3.75. The average molecular weight is 519 g/mol. The van der Waals surface area contributed by atoms with Crippen molar-refractivity contribution in [3.63, 3.8) is 0 Å². The van der Waals surface area contributed by atoms with Crippen LogP contribution in [0.3, 0.4) is 0 Å². The Morgan fingerprint density at radius 2 is 2.03 bits per heavy atom. The van der Waals surface area contributed by atoms with Crippen LogP contribution < -0.4 is 10.6 Å². The van der Waals surface area contributed by atoms with Crippen LogP contribution in [-0.4, -0.2) is 58.2 Å². The Bertz CT molecular complexity index is 1290. The molecule has 37 heavy (non-hydrogen) atoms. The number of fused-ring (bicyclic) bond motifs is 4. The molecule has 0 spiro atoms. The second-order valence-corrected chi connectivity index (χ2v) is 9.95. The zero-order valence-electron chi connectivity index (χ0n) is 19.6. The number of hydrogen-bond acceptors (Lipinski definition) is 4. The van der Waals surface area contributed by atoms with E-state index < -0.39 is 60.5 Å². The number of halogens is 4. The minimum absolute atomic E-state index is 0.0179. The van der Waals surface area contributed by atoms with Gasteiger partial charge in [-0.25, -0.2) is 17.6 Å². The molecule has 3 amide bonds. The number of aromatic amines is 1. The Kier molecular flexibility index (Phi) is 6.33. The second-order valence-electron chi connectivity index (χ2n) is 9.95. The third kappa shape index (κ3) is 4.40. The van der Waals surface area contributed by atoms with Crippen LogP contribution in [0, 0.1) is 23.2 Å². The second kappa shape index (κ2) is 9.36. The summed E-state index contributed by atoms with van der Waals surface area (Å²) in [4.78, 5) is 42.8. The molecule has 3 aliphatic heterocycles. The van der Waals surface area contributed by atoms with Gasteiger partial charge in [0.1, 0.15) is 17.8 Å². The van der Waals surface area contributed by atoms with E-state index >= 15 is 0 Å². The normalized spacial score (nSPS) is 27.2. The molecule has 6 rings (SSSR count). The van der Waals surface area contributed by atoms with E-state index in [-0.39, 0.29) is 47.3 Å². The lowest BCUT2D eigenvalue weighted by Crippen LogP contribution is -2.68. The number of nitrogens with one attached hydrogen (secondary N) is 3. The third-order valence-electron chi connectivity index (χ3n) is 7.76. The Balaban J connectivity index is 1.44. The predicted molar refractivity (Wildman–Crippen MR) is 123 cm³/mol. The molecule has 0 unspecified atom stereocenters. The number of hydrogen-bond donors (Lipinski definition) is 3. The molecule has 5 atom stereocenters. The van der Waals surface area contributed by atoms with Crippen LogP contribution in [0.2, 0.25) is 0 Å². The van der Waals surface area contributed by atoms with Crippen molar-refractivity contribution in [3.05, 3.63) is 35.5 Å². The quantitative estimate of drug-likeness (QED) is 0.508. The molecule has 1 aliphatic carbocycles. The van der Waals surface area contributed by atoms with Crippen LogP contribution in [0.4, 0.5) is 17.6 Å². The van der Waals surface area contributed by atoms with Crippen LogP contribution in [0.25, 0.3) is 10.9 Å². The maximum atomic E-state index is 14.9. The Morgan fingerprint density at radius 3 is 2.68 bits per heavy atom. The molecule has 12 heteroatoms. The third-order valence-corrected chi connectivity index (χ3v) is 7.76. The van der Waals surface area contributed by atoms with E-state index in [1.165, 1.54) is 24.3 Å².